The zero-order chi connectivity index (χ0) is 25.4. The molecule has 0 radical (unpaired) electrons. The van der Waals surface area contributed by atoms with Crippen LogP contribution < -0.4 is 5.32 Å². The number of hydrogen-bond donors (Lipinski definition) is 1. The molecule has 2 aromatic rings. The fourth-order valence-corrected chi connectivity index (χ4v) is 6.45. The monoisotopic (exact) mass is 491 g/mol. The Bertz CT molecular complexity index is 1140. The van der Waals surface area contributed by atoms with Gasteiger partial charge in [0.25, 0.3) is 0 Å². The lowest BCUT2D eigenvalue weighted by Gasteiger charge is -2.58. The molecule has 1 saturated carbocycles. The number of fused-ring (bicyclic) bond motifs is 2. The van der Waals surface area contributed by atoms with Crippen molar-refractivity contribution in [1.82, 2.24) is 25.1 Å². The topological polar surface area (TPSA) is 76.2 Å². The summed E-state index contributed by atoms with van der Waals surface area (Å²) in [6, 6.07) is 13.2. The molecule has 3 fully saturated rings. The standard InChI is InChI=1S/C28H37N5O3/c1-4-29-28(36)33-26-19(2)31(17-22-15-10-14-20-11-8-9-16-23(20)22)27(35)25(21-12-6-5-7-13-21)32(26)24(34)18-30(33)3/h8-11,14-16,19,21,25-26H,4-7,12-13,17-18H2,1-3H3,(H,29,36)/t19-,25-,26?/m0/s1. The molecule has 3 aliphatic rings. The van der Waals surface area contributed by atoms with Crippen molar-refractivity contribution in [3.63, 3.8) is 0 Å². The van der Waals surface area contributed by atoms with Gasteiger partial charge in [-0.1, -0.05) is 61.7 Å². The van der Waals surface area contributed by atoms with E-state index in [1.807, 2.05) is 36.9 Å². The Balaban J connectivity index is 1.58. The van der Waals surface area contributed by atoms with Crippen LogP contribution in [0.15, 0.2) is 42.5 Å². The number of urea groups is 1. The molecule has 8 heteroatoms. The van der Waals surface area contributed by atoms with E-state index in [0.29, 0.717) is 13.1 Å². The second kappa shape index (κ2) is 10.1. The Morgan fingerprint density at radius 1 is 1.03 bits per heavy atom. The highest BCUT2D eigenvalue weighted by Gasteiger charge is 2.55. The Morgan fingerprint density at radius 2 is 1.75 bits per heavy atom. The van der Waals surface area contributed by atoms with Gasteiger partial charge in [0, 0.05) is 20.1 Å². The van der Waals surface area contributed by atoms with Crippen LogP contribution >= 0.6 is 0 Å². The van der Waals surface area contributed by atoms with Crippen LogP contribution in [0.3, 0.4) is 0 Å². The maximum atomic E-state index is 14.3. The zero-order valence-corrected chi connectivity index (χ0v) is 21.5. The van der Waals surface area contributed by atoms with E-state index in [1.165, 1.54) is 6.42 Å². The summed E-state index contributed by atoms with van der Waals surface area (Å²) < 4.78 is 0. The minimum absolute atomic E-state index is 0.00679. The molecule has 2 heterocycles. The number of benzene rings is 2. The fourth-order valence-electron chi connectivity index (χ4n) is 6.45. The maximum absolute atomic E-state index is 14.3. The number of rotatable bonds is 4. The van der Waals surface area contributed by atoms with Gasteiger partial charge in [0.2, 0.25) is 11.8 Å². The van der Waals surface area contributed by atoms with Gasteiger partial charge in [-0.05, 0) is 48.9 Å². The third-order valence-electron chi connectivity index (χ3n) is 8.17. The number of hydrogen-bond acceptors (Lipinski definition) is 4. The van der Waals surface area contributed by atoms with E-state index >= 15 is 0 Å². The minimum Gasteiger partial charge on any atom is -0.337 e. The van der Waals surface area contributed by atoms with Crippen LogP contribution in [0, 0.1) is 5.92 Å². The van der Waals surface area contributed by atoms with Gasteiger partial charge in [-0.2, -0.15) is 0 Å². The predicted molar refractivity (Wildman–Crippen MR) is 138 cm³/mol. The summed E-state index contributed by atoms with van der Waals surface area (Å²) in [6.45, 7) is 4.87. The quantitative estimate of drug-likeness (QED) is 0.710. The number of nitrogens with zero attached hydrogens (tertiary/aromatic N) is 4. The second-order valence-corrected chi connectivity index (χ2v) is 10.4. The molecular formula is C28H37N5O3. The van der Waals surface area contributed by atoms with E-state index in [0.717, 1.165) is 42.0 Å². The molecule has 0 spiro atoms. The molecular weight excluding hydrogens is 454 g/mol. The van der Waals surface area contributed by atoms with Crippen molar-refractivity contribution in [2.75, 3.05) is 20.1 Å². The average molecular weight is 492 g/mol. The molecule has 3 atom stereocenters. The molecule has 2 aromatic carbocycles. The molecule has 5 rings (SSSR count). The van der Waals surface area contributed by atoms with Gasteiger partial charge in [-0.15, -0.1) is 0 Å². The summed E-state index contributed by atoms with van der Waals surface area (Å²) >= 11 is 0. The first-order chi connectivity index (χ1) is 17.4. The Hall–Kier alpha value is -3.13. The summed E-state index contributed by atoms with van der Waals surface area (Å²) in [7, 11) is 1.78. The number of likely N-dealkylation sites (N-methyl/N-ethyl adjacent to an activating group) is 1. The predicted octanol–water partition coefficient (Wildman–Crippen LogP) is 3.57. The third-order valence-corrected chi connectivity index (χ3v) is 8.17. The minimum atomic E-state index is -0.553. The smallest absolute Gasteiger partial charge is 0.333 e. The Labute approximate surface area is 213 Å². The van der Waals surface area contributed by atoms with Crippen LogP contribution in [0.5, 0.6) is 0 Å². The lowest BCUT2D eigenvalue weighted by molar-refractivity contribution is -0.200. The van der Waals surface area contributed by atoms with Crippen LogP contribution in [-0.2, 0) is 16.1 Å². The first-order valence-corrected chi connectivity index (χ1v) is 13.3. The molecule has 1 unspecified atom stereocenters. The molecule has 4 amide bonds. The van der Waals surface area contributed by atoms with E-state index in [9.17, 15) is 14.4 Å². The zero-order valence-electron chi connectivity index (χ0n) is 21.5. The van der Waals surface area contributed by atoms with E-state index in [-0.39, 0.29) is 36.3 Å². The number of piperazine rings is 1. The molecule has 1 N–H and O–H groups in total. The molecule has 36 heavy (non-hydrogen) atoms. The Kier molecular flexibility index (Phi) is 6.88. The van der Waals surface area contributed by atoms with Crippen LogP contribution in [-0.4, -0.2) is 76.0 Å². The number of amides is 4. The molecule has 8 nitrogen and oxygen atoms in total. The number of hydrazine groups is 1. The van der Waals surface area contributed by atoms with Crippen molar-refractivity contribution >= 4 is 28.6 Å². The summed E-state index contributed by atoms with van der Waals surface area (Å²) in [5.74, 6) is 0.0377. The van der Waals surface area contributed by atoms with Gasteiger partial charge >= 0.3 is 6.03 Å². The van der Waals surface area contributed by atoms with Gasteiger partial charge in [-0.25, -0.2) is 14.8 Å². The molecule has 192 valence electrons. The van der Waals surface area contributed by atoms with E-state index in [4.69, 9.17) is 0 Å². The van der Waals surface area contributed by atoms with Crippen LogP contribution in [0.25, 0.3) is 10.8 Å². The summed E-state index contributed by atoms with van der Waals surface area (Å²) in [4.78, 5) is 44.7. The first-order valence-electron chi connectivity index (χ1n) is 13.3. The molecule has 0 aromatic heterocycles. The van der Waals surface area contributed by atoms with Gasteiger partial charge in [0.15, 0.2) is 0 Å². The Morgan fingerprint density at radius 3 is 2.50 bits per heavy atom. The van der Waals surface area contributed by atoms with E-state index in [1.54, 1.807) is 22.0 Å². The van der Waals surface area contributed by atoms with Crippen molar-refractivity contribution in [3.8, 4) is 0 Å². The third kappa shape index (κ3) is 4.21. The highest BCUT2D eigenvalue weighted by molar-refractivity contribution is 5.92. The summed E-state index contributed by atoms with van der Waals surface area (Å²) in [5, 5.41) is 8.53. The lowest BCUT2D eigenvalue weighted by Crippen LogP contribution is -2.79. The normalized spacial score (nSPS) is 25.9. The van der Waals surface area contributed by atoms with Crippen LogP contribution in [0.4, 0.5) is 4.79 Å². The van der Waals surface area contributed by atoms with Gasteiger partial charge in [0.05, 0.1) is 12.6 Å². The summed E-state index contributed by atoms with van der Waals surface area (Å²) in [6.07, 6.45) is 4.61. The largest absolute Gasteiger partial charge is 0.337 e. The van der Waals surface area contributed by atoms with Gasteiger partial charge in [0.1, 0.15) is 12.2 Å². The van der Waals surface area contributed by atoms with E-state index in [2.05, 4.69) is 29.6 Å². The maximum Gasteiger partial charge on any atom is 0.333 e. The molecule has 1 aliphatic carbocycles. The van der Waals surface area contributed by atoms with Gasteiger partial charge in [-0.3, -0.25) is 9.59 Å². The van der Waals surface area contributed by atoms with Crippen LogP contribution in [0.2, 0.25) is 0 Å². The average Bonchev–Trinajstić information content (AvgIpc) is 2.88. The highest BCUT2D eigenvalue weighted by Crippen LogP contribution is 2.38. The lowest BCUT2D eigenvalue weighted by atomic mass is 9.80. The van der Waals surface area contributed by atoms with Crippen molar-refractivity contribution in [1.29, 1.82) is 0 Å². The molecule has 0 bridgehead atoms. The number of nitrogens with one attached hydrogen (secondary N) is 1. The van der Waals surface area contributed by atoms with Crippen molar-refractivity contribution < 1.29 is 14.4 Å². The van der Waals surface area contributed by atoms with E-state index < -0.39 is 12.2 Å². The highest BCUT2D eigenvalue weighted by atomic mass is 16.2. The number of carbonyl (C=O) groups excluding carboxylic acids is 3. The molecule has 2 saturated heterocycles. The summed E-state index contributed by atoms with van der Waals surface area (Å²) in [5.41, 5.74) is 1.07. The van der Waals surface area contributed by atoms with Gasteiger partial charge < -0.3 is 15.1 Å². The second-order valence-electron chi connectivity index (χ2n) is 10.4. The van der Waals surface area contributed by atoms with Crippen molar-refractivity contribution in [3.05, 3.63) is 48.0 Å². The SMILES string of the molecule is CCNC(=O)N1C2[C@H](C)N(Cc3cccc4ccccc34)C(=O)[C@H](C3CCCCC3)N2C(=O)CN1C. The van der Waals surface area contributed by atoms with Crippen molar-refractivity contribution in [2.45, 2.75) is 70.7 Å². The molecule has 2 aliphatic heterocycles. The first kappa shape index (κ1) is 24.6. The van der Waals surface area contributed by atoms with Crippen molar-refractivity contribution in [2.24, 2.45) is 5.92 Å². The van der Waals surface area contributed by atoms with Crippen LogP contribution in [0.1, 0.15) is 51.5 Å². The fraction of sp³-hybridized carbons (Fsp3) is 0.536. The number of carbonyl (C=O) groups is 3.